The van der Waals surface area contributed by atoms with Gasteiger partial charge in [0.05, 0.1) is 6.42 Å². The van der Waals surface area contributed by atoms with Crippen molar-refractivity contribution in [3.8, 4) is 0 Å². The molecule has 1 aromatic carbocycles. The highest BCUT2D eigenvalue weighted by Crippen LogP contribution is 2.16. The average Bonchev–Trinajstić information content (AvgIpc) is 2.24. The predicted molar refractivity (Wildman–Crippen MR) is 55.1 cm³/mol. The predicted octanol–water partition coefficient (Wildman–Crippen LogP) is 1.71. The SMILES string of the molecule is CNC(CC(=O)O)Cc1cc(F)c(F)cc1F. The van der Waals surface area contributed by atoms with E-state index in [-0.39, 0.29) is 18.4 Å². The lowest BCUT2D eigenvalue weighted by atomic mass is 10.0. The molecule has 0 aliphatic rings. The van der Waals surface area contributed by atoms with Gasteiger partial charge in [0.1, 0.15) is 5.82 Å². The van der Waals surface area contributed by atoms with Gasteiger partial charge in [-0.3, -0.25) is 4.79 Å². The highest BCUT2D eigenvalue weighted by molar-refractivity contribution is 5.67. The Morgan fingerprint density at radius 1 is 1.29 bits per heavy atom. The molecule has 17 heavy (non-hydrogen) atoms. The molecule has 1 aromatic rings. The zero-order valence-corrected chi connectivity index (χ0v) is 9.14. The van der Waals surface area contributed by atoms with Crippen LogP contribution in [0.5, 0.6) is 0 Å². The van der Waals surface area contributed by atoms with Crippen LogP contribution in [0.15, 0.2) is 12.1 Å². The van der Waals surface area contributed by atoms with Gasteiger partial charge >= 0.3 is 5.97 Å². The molecule has 1 atom stereocenters. The van der Waals surface area contributed by atoms with Crippen molar-refractivity contribution >= 4 is 5.97 Å². The molecule has 0 aliphatic heterocycles. The second-order valence-corrected chi connectivity index (χ2v) is 3.65. The summed E-state index contributed by atoms with van der Waals surface area (Å²) in [6.45, 7) is 0. The molecule has 0 saturated heterocycles. The van der Waals surface area contributed by atoms with E-state index in [0.29, 0.717) is 6.07 Å². The van der Waals surface area contributed by atoms with Crippen LogP contribution in [0.3, 0.4) is 0 Å². The molecule has 0 spiro atoms. The standard InChI is InChI=1S/C11H12F3NO2/c1-15-7(4-11(16)17)2-6-3-9(13)10(14)5-8(6)12/h3,5,7,15H,2,4H2,1H3,(H,16,17). The number of carboxylic acid groups (broad SMARTS) is 1. The fourth-order valence-electron chi connectivity index (χ4n) is 1.47. The fourth-order valence-corrected chi connectivity index (χ4v) is 1.47. The number of hydrogen-bond donors (Lipinski definition) is 2. The second kappa shape index (κ2) is 5.67. The Kier molecular flexibility index (Phi) is 4.51. The number of hydrogen-bond acceptors (Lipinski definition) is 2. The van der Waals surface area contributed by atoms with Crippen molar-refractivity contribution in [2.24, 2.45) is 0 Å². The van der Waals surface area contributed by atoms with Gasteiger partial charge in [0.2, 0.25) is 0 Å². The number of carbonyl (C=O) groups is 1. The van der Waals surface area contributed by atoms with E-state index in [0.717, 1.165) is 6.07 Å². The van der Waals surface area contributed by atoms with E-state index < -0.39 is 29.5 Å². The molecule has 6 heteroatoms. The number of benzene rings is 1. The summed E-state index contributed by atoms with van der Waals surface area (Å²) in [7, 11) is 1.52. The lowest BCUT2D eigenvalue weighted by Crippen LogP contribution is -2.30. The minimum Gasteiger partial charge on any atom is -0.481 e. The molecule has 0 bridgehead atoms. The van der Waals surface area contributed by atoms with Gasteiger partial charge in [-0.1, -0.05) is 0 Å². The first kappa shape index (κ1) is 13.5. The summed E-state index contributed by atoms with van der Waals surface area (Å²) >= 11 is 0. The normalized spacial score (nSPS) is 12.5. The molecule has 0 aromatic heterocycles. The molecule has 0 heterocycles. The molecule has 94 valence electrons. The minimum absolute atomic E-state index is 0.0220. The van der Waals surface area contributed by atoms with Crippen LogP contribution < -0.4 is 5.32 Å². The van der Waals surface area contributed by atoms with Crippen LogP contribution in [-0.2, 0) is 11.2 Å². The first-order chi connectivity index (χ1) is 7.93. The molecule has 0 fully saturated rings. The summed E-state index contributed by atoms with van der Waals surface area (Å²) in [5, 5.41) is 11.3. The molecule has 0 saturated carbocycles. The van der Waals surface area contributed by atoms with Crippen molar-refractivity contribution < 1.29 is 23.1 Å². The maximum Gasteiger partial charge on any atom is 0.304 e. The lowest BCUT2D eigenvalue weighted by molar-refractivity contribution is -0.137. The topological polar surface area (TPSA) is 49.3 Å². The van der Waals surface area contributed by atoms with Gasteiger partial charge in [0.15, 0.2) is 11.6 Å². The number of likely N-dealkylation sites (N-methyl/N-ethyl adjacent to an activating group) is 1. The average molecular weight is 247 g/mol. The molecule has 1 unspecified atom stereocenters. The smallest absolute Gasteiger partial charge is 0.304 e. The van der Waals surface area contributed by atoms with E-state index in [4.69, 9.17) is 5.11 Å². The first-order valence-electron chi connectivity index (χ1n) is 4.96. The Hall–Kier alpha value is -1.56. The molecule has 1 rings (SSSR count). The first-order valence-corrected chi connectivity index (χ1v) is 4.96. The Labute approximate surface area is 96.3 Å². The molecule has 0 radical (unpaired) electrons. The van der Waals surface area contributed by atoms with Crippen LogP contribution in [0.4, 0.5) is 13.2 Å². The molecule has 2 N–H and O–H groups in total. The van der Waals surface area contributed by atoms with Gasteiger partial charge < -0.3 is 10.4 Å². The number of nitrogens with one attached hydrogen (secondary N) is 1. The van der Waals surface area contributed by atoms with E-state index in [1.807, 2.05) is 0 Å². The quantitative estimate of drug-likeness (QED) is 0.779. The van der Waals surface area contributed by atoms with Crippen LogP contribution in [0.2, 0.25) is 0 Å². The Morgan fingerprint density at radius 3 is 2.41 bits per heavy atom. The van der Waals surface area contributed by atoms with E-state index in [1.165, 1.54) is 7.05 Å². The third kappa shape index (κ3) is 3.74. The zero-order valence-electron chi connectivity index (χ0n) is 9.14. The van der Waals surface area contributed by atoms with E-state index in [1.54, 1.807) is 0 Å². The summed E-state index contributed by atoms with van der Waals surface area (Å²) in [6.07, 6.45) is -0.249. The van der Waals surface area contributed by atoms with Crippen LogP contribution in [0.25, 0.3) is 0 Å². The van der Waals surface area contributed by atoms with Crippen LogP contribution in [0.1, 0.15) is 12.0 Å². The second-order valence-electron chi connectivity index (χ2n) is 3.65. The van der Waals surface area contributed by atoms with Crippen LogP contribution in [-0.4, -0.2) is 24.2 Å². The van der Waals surface area contributed by atoms with Crippen molar-refractivity contribution in [1.29, 1.82) is 0 Å². The molecule has 3 nitrogen and oxygen atoms in total. The monoisotopic (exact) mass is 247 g/mol. The van der Waals surface area contributed by atoms with Gasteiger partial charge in [-0.2, -0.15) is 0 Å². The van der Waals surface area contributed by atoms with Crippen molar-refractivity contribution in [2.45, 2.75) is 18.9 Å². The highest BCUT2D eigenvalue weighted by atomic mass is 19.2. The maximum absolute atomic E-state index is 13.3. The molecule has 0 aliphatic carbocycles. The molecular weight excluding hydrogens is 235 g/mol. The zero-order chi connectivity index (χ0) is 13.0. The van der Waals surface area contributed by atoms with Crippen molar-refractivity contribution in [2.75, 3.05) is 7.05 Å². The maximum atomic E-state index is 13.3. The van der Waals surface area contributed by atoms with Crippen molar-refractivity contribution in [3.05, 3.63) is 35.1 Å². The Balaban J connectivity index is 2.86. The van der Waals surface area contributed by atoms with Gasteiger partial charge in [-0.05, 0) is 25.1 Å². The van der Waals surface area contributed by atoms with Gasteiger partial charge in [0.25, 0.3) is 0 Å². The third-order valence-electron chi connectivity index (χ3n) is 2.38. The minimum atomic E-state index is -1.26. The largest absolute Gasteiger partial charge is 0.481 e. The summed E-state index contributed by atoms with van der Waals surface area (Å²) in [6, 6.07) is 0.668. The van der Waals surface area contributed by atoms with Crippen LogP contribution >= 0.6 is 0 Å². The number of aliphatic carboxylic acids is 1. The number of rotatable bonds is 5. The third-order valence-corrected chi connectivity index (χ3v) is 2.38. The van der Waals surface area contributed by atoms with E-state index in [2.05, 4.69) is 5.32 Å². The van der Waals surface area contributed by atoms with Gasteiger partial charge in [-0.15, -0.1) is 0 Å². The Morgan fingerprint density at radius 2 is 1.88 bits per heavy atom. The Bertz CT molecular complexity index is 423. The van der Waals surface area contributed by atoms with Gasteiger partial charge in [-0.25, -0.2) is 13.2 Å². The van der Waals surface area contributed by atoms with E-state index >= 15 is 0 Å². The van der Waals surface area contributed by atoms with Crippen molar-refractivity contribution in [3.63, 3.8) is 0 Å². The fraction of sp³-hybridized carbons (Fsp3) is 0.364. The number of carboxylic acids is 1. The van der Waals surface area contributed by atoms with E-state index in [9.17, 15) is 18.0 Å². The summed E-state index contributed by atoms with van der Waals surface area (Å²) < 4.78 is 38.8. The lowest BCUT2D eigenvalue weighted by Gasteiger charge is -2.14. The highest BCUT2D eigenvalue weighted by Gasteiger charge is 2.16. The van der Waals surface area contributed by atoms with Crippen LogP contribution in [0, 0.1) is 17.5 Å². The van der Waals surface area contributed by atoms with Gasteiger partial charge in [0, 0.05) is 12.1 Å². The molecular formula is C11H12F3NO2. The summed E-state index contributed by atoms with van der Waals surface area (Å²) in [5.74, 6) is -4.33. The summed E-state index contributed by atoms with van der Waals surface area (Å²) in [5.41, 5.74) is -0.0514. The molecule has 0 amide bonds. The number of halogens is 3. The van der Waals surface area contributed by atoms with Crippen molar-refractivity contribution in [1.82, 2.24) is 5.32 Å². The summed E-state index contributed by atoms with van der Waals surface area (Å²) in [4.78, 5) is 10.5.